The van der Waals surface area contributed by atoms with Crippen molar-refractivity contribution in [2.75, 3.05) is 18.8 Å². The highest BCUT2D eigenvalue weighted by Crippen LogP contribution is 2.26. The van der Waals surface area contributed by atoms with Gasteiger partial charge >= 0.3 is 0 Å². The Bertz CT molecular complexity index is 365. The molecule has 2 heterocycles. The molecule has 1 aliphatic rings. The normalized spacial score (nSPS) is 26.9. The van der Waals surface area contributed by atoms with Gasteiger partial charge in [-0.05, 0) is 32.4 Å². The number of pyridine rings is 1. The summed E-state index contributed by atoms with van der Waals surface area (Å²) in [5, 5.41) is 0. The Morgan fingerprint density at radius 2 is 2.44 bits per heavy atom. The SMILES string of the molecule is C[C@]1(F)CCCN(Cc2cccnc2N)C1. The van der Waals surface area contributed by atoms with Crippen LogP contribution in [0.2, 0.25) is 0 Å². The van der Waals surface area contributed by atoms with E-state index in [0.717, 1.165) is 18.5 Å². The fraction of sp³-hybridized carbons (Fsp3) is 0.583. The van der Waals surface area contributed by atoms with Crippen LogP contribution in [0.4, 0.5) is 10.2 Å². The highest BCUT2D eigenvalue weighted by Gasteiger charge is 2.30. The molecule has 0 aromatic carbocycles. The van der Waals surface area contributed by atoms with Gasteiger partial charge < -0.3 is 5.73 Å². The van der Waals surface area contributed by atoms with Crippen LogP contribution in [-0.4, -0.2) is 28.6 Å². The van der Waals surface area contributed by atoms with Gasteiger partial charge in [-0.3, -0.25) is 4.90 Å². The summed E-state index contributed by atoms with van der Waals surface area (Å²) in [6.45, 7) is 3.79. The maximum atomic E-state index is 13.8. The molecule has 0 radical (unpaired) electrons. The molecule has 16 heavy (non-hydrogen) atoms. The standard InChI is InChI=1S/C12H18FN3/c1-12(13)5-3-7-16(9-12)8-10-4-2-6-15-11(10)14/h2,4,6H,3,5,7-9H2,1H3,(H2,14,15)/t12-/m0/s1. The van der Waals surface area contributed by atoms with Crippen molar-refractivity contribution in [1.82, 2.24) is 9.88 Å². The molecule has 1 saturated heterocycles. The van der Waals surface area contributed by atoms with E-state index in [4.69, 9.17) is 5.73 Å². The zero-order valence-electron chi connectivity index (χ0n) is 9.62. The average molecular weight is 223 g/mol. The summed E-state index contributed by atoms with van der Waals surface area (Å²) in [5.74, 6) is 0.550. The van der Waals surface area contributed by atoms with Crippen molar-refractivity contribution in [1.29, 1.82) is 0 Å². The van der Waals surface area contributed by atoms with Gasteiger partial charge in [-0.15, -0.1) is 0 Å². The number of nitrogen functional groups attached to an aromatic ring is 1. The van der Waals surface area contributed by atoms with E-state index in [1.54, 1.807) is 13.1 Å². The first kappa shape index (κ1) is 11.3. The Morgan fingerprint density at radius 1 is 1.62 bits per heavy atom. The van der Waals surface area contributed by atoms with Crippen molar-refractivity contribution >= 4 is 5.82 Å². The molecule has 2 N–H and O–H groups in total. The van der Waals surface area contributed by atoms with E-state index in [1.807, 2.05) is 12.1 Å². The average Bonchev–Trinajstić information content (AvgIpc) is 2.20. The third-order valence-corrected chi connectivity index (χ3v) is 3.05. The lowest BCUT2D eigenvalue weighted by Crippen LogP contribution is -2.42. The number of anilines is 1. The van der Waals surface area contributed by atoms with Gasteiger partial charge in [-0.25, -0.2) is 9.37 Å². The lowest BCUT2D eigenvalue weighted by Gasteiger charge is -2.35. The minimum Gasteiger partial charge on any atom is -0.383 e. The largest absolute Gasteiger partial charge is 0.383 e. The van der Waals surface area contributed by atoms with Crippen LogP contribution < -0.4 is 5.73 Å². The van der Waals surface area contributed by atoms with Gasteiger partial charge in [0, 0.05) is 24.8 Å². The molecular weight excluding hydrogens is 205 g/mol. The highest BCUT2D eigenvalue weighted by atomic mass is 19.1. The van der Waals surface area contributed by atoms with Crippen LogP contribution >= 0.6 is 0 Å². The van der Waals surface area contributed by atoms with Crippen molar-refractivity contribution in [3.63, 3.8) is 0 Å². The fourth-order valence-corrected chi connectivity index (χ4v) is 2.26. The number of alkyl halides is 1. The van der Waals surface area contributed by atoms with Gasteiger partial charge in [0.05, 0.1) is 0 Å². The number of piperidine rings is 1. The molecule has 0 spiro atoms. The molecule has 1 aliphatic heterocycles. The molecule has 1 atom stereocenters. The highest BCUT2D eigenvalue weighted by molar-refractivity contribution is 5.38. The van der Waals surface area contributed by atoms with Crippen molar-refractivity contribution in [2.45, 2.75) is 32.0 Å². The van der Waals surface area contributed by atoms with E-state index in [1.165, 1.54) is 0 Å². The molecule has 0 aliphatic carbocycles. The van der Waals surface area contributed by atoms with Crippen LogP contribution in [0, 0.1) is 0 Å². The molecule has 0 unspecified atom stereocenters. The summed E-state index contributed by atoms with van der Waals surface area (Å²) in [7, 11) is 0. The number of nitrogens with zero attached hydrogens (tertiary/aromatic N) is 2. The lowest BCUT2D eigenvalue weighted by atomic mass is 9.96. The summed E-state index contributed by atoms with van der Waals surface area (Å²) >= 11 is 0. The second-order valence-electron chi connectivity index (χ2n) is 4.78. The van der Waals surface area contributed by atoms with Gasteiger partial charge in [0.25, 0.3) is 0 Å². The molecule has 2 rings (SSSR count). The number of hydrogen-bond acceptors (Lipinski definition) is 3. The fourth-order valence-electron chi connectivity index (χ4n) is 2.26. The number of rotatable bonds is 2. The number of nitrogens with two attached hydrogens (primary N) is 1. The Hall–Kier alpha value is -1.16. The molecule has 0 bridgehead atoms. The Balaban J connectivity index is 2.02. The van der Waals surface area contributed by atoms with Gasteiger partial charge in [0.2, 0.25) is 0 Å². The van der Waals surface area contributed by atoms with Crippen molar-refractivity contribution < 1.29 is 4.39 Å². The van der Waals surface area contributed by atoms with Crippen LogP contribution in [0.15, 0.2) is 18.3 Å². The first-order valence-electron chi connectivity index (χ1n) is 5.67. The summed E-state index contributed by atoms with van der Waals surface area (Å²) in [5.41, 5.74) is 5.70. The van der Waals surface area contributed by atoms with Gasteiger partial charge in [0.15, 0.2) is 0 Å². The first-order chi connectivity index (χ1) is 7.57. The molecular formula is C12H18FN3. The summed E-state index contributed by atoms with van der Waals surface area (Å²) < 4.78 is 13.8. The lowest BCUT2D eigenvalue weighted by molar-refractivity contribution is 0.0564. The number of halogens is 1. The van der Waals surface area contributed by atoms with E-state index in [2.05, 4.69) is 9.88 Å². The minimum atomic E-state index is -1.06. The first-order valence-corrected chi connectivity index (χ1v) is 5.67. The summed E-state index contributed by atoms with van der Waals surface area (Å²) in [6, 6.07) is 3.82. The van der Waals surface area contributed by atoms with E-state index in [0.29, 0.717) is 25.3 Å². The van der Waals surface area contributed by atoms with Crippen molar-refractivity contribution in [3.8, 4) is 0 Å². The van der Waals surface area contributed by atoms with Crippen LogP contribution in [0.25, 0.3) is 0 Å². The van der Waals surface area contributed by atoms with Crippen LogP contribution in [0.5, 0.6) is 0 Å². The topological polar surface area (TPSA) is 42.2 Å². The summed E-state index contributed by atoms with van der Waals surface area (Å²) in [6.07, 6.45) is 3.24. The zero-order chi connectivity index (χ0) is 11.6. The maximum absolute atomic E-state index is 13.8. The molecule has 0 amide bonds. The quantitative estimate of drug-likeness (QED) is 0.833. The Morgan fingerprint density at radius 3 is 3.12 bits per heavy atom. The van der Waals surface area contributed by atoms with E-state index in [9.17, 15) is 4.39 Å². The molecule has 1 aromatic heterocycles. The van der Waals surface area contributed by atoms with Crippen molar-refractivity contribution in [2.24, 2.45) is 0 Å². The zero-order valence-corrected chi connectivity index (χ0v) is 9.62. The third-order valence-electron chi connectivity index (χ3n) is 3.05. The monoisotopic (exact) mass is 223 g/mol. The smallest absolute Gasteiger partial charge is 0.127 e. The Labute approximate surface area is 95.5 Å². The molecule has 88 valence electrons. The van der Waals surface area contributed by atoms with Gasteiger partial charge in [-0.1, -0.05) is 6.07 Å². The molecule has 4 heteroatoms. The molecule has 1 aromatic rings. The van der Waals surface area contributed by atoms with Crippen molar-refractivity contribution in [3.05, 3.63) is 23.9 Å². The van der Waals surface area contributed by atoms with Crippen LogP contribution in [0.1, 0.15) is 25.3 Å². The second kappa shape index (κ2) is 4.37. The van der Waals surface area contributed by atoms with Gasteiger partial charge in [0.1, 0.15) is 11.5 Å². The number of aromatic nitrogens is 1. The summed E-state index contributed by atoms with van der Waals surface area (Å²) in [4.78, 5) is 6.15. The maximum Gasteiger partial charge on any atom is 0.127 e. The molecule has 1 fully saturated rings. The predicted molar refractivity (Wildman–Crippen MR) is 62.7 cm³/mol. The van der Waals surface area contributed by atoms with Gasteiger partial charge in [-0.2, -0.15) is 0 Å². The minimum absolute atomic E-state index is 0.487. The number of hydrogen-bond donors (Lipinski definition) is 1. The third kappa shape index (κ3) is 2.70. The Kier molecular flexibility index (Phi) is 3.10. The second-order valence-corrected chi connectivity index (χ2v) is 4.78. The van der Waals surface area contributed by atoms with E-state index < -0.39 is 5.67 Å². The molecule has 3 nitrogen and oxygen atoms in total. The van der Waals surface area contributed by atoms with Crippen LogP contribution in [0.3, 0.4) is 0 Å². The number of likely N-dealkylation sites (tertiary alicyclic amines) is 1. The van der Waals surface area contributed by atoms with E-state index >= 15 is 0 Å². The van der Waals surface area contributed by atoms with E-state index in [-0.39, 0.29) is 0 Å². The predicted octanol–water partition coefficient (Wildman–Crippen LogP) is 1.99. The van der Waals surface area contributed by atoms with Crippen LogP contribution in [-0.2, 0) is 6.54 Å². The molecule has 0 saturated carbocycles.